The van der Waals surface area contributed by atoms with Gasteiger partial charge in [-0.2, -0.15) is 5.26 Å². The number of aliphatic hydroxyl groups is 1. The van der Waals surface area contributed by atoms with Gasteiger partial charge in [-0.1, -0.05) is 19.9 Å². The number of nitrogens with one attached hydrogen (secondary N) is 2. The van der Waals surface area contributed by atoms with E-state index in [4.69, 9.17) is 5.73 Å². The Bertz CT molecular complexity index is 1170. The molecule has 1 amide bonds. The number of hydrogen-bond acceptors (Lipinski definition) is 9. The van der Waals surface area contributed by atoms with Crippen LogP contribution in [0.2, 0.25) is 0 Å². The molecule has 1 atom stereocenters. The molecular formula is C21H25N5O5S. The first kappa shape index (κ1) is 24.8. The number of ketones is 1. The molecule has 2 aromatic rings. The average Bonchev–Trinajstić information content (AvgIpc) is 2.71. The third-order valence-corrected chi connectivity index (χ3v) is 5.57. The number of pyridine rings is 1. The summed E-state index contributed by atoms with van der Waals surface area (Å²) in [6, 6.07) is 8.24. The molecule has 10 nitrogen and oxygen atoms in total. The van der Waals surface area contributed by atoms with Crippen LogP contribution < -0.4 is 16.4 Å². The van der Waals surface area contributed by atoms with Crippen molar-refractivity contribution in [1.82, 2.24) is 4.98 Å². The SMILES string of the molecule is CC(C)C[C@@H](Nc1cc(C#N)c(C(=O)CO)c(Nc2cccc(S(C)(=O)=O)c2)n1)C(N)=O. The largest absolute Gasteiger partial charge is 0.388 e. The smallest absolute Gasteiger partial charge is 0.239 e. The number of amides is 1. The standard InChI is InChI=1S/C21H25N5O5S/c1-12(2)7-16(20(23)29)25-18-8-13(10-22)19(17(28)11-27)21(26-18)24-14-5-4-6-15(9-14)32(3,30)31/h4-6,8-9,12,16,27H,7,11H2,1-3H3,(H2,23,29)(H2,24,25,26)/t16-/m1/s1. The number of carbonyl (C=O) groups excluding carboxylic acids is 2. The van der Waals surface area contributed by atoms with Crippen molar-refractivity contribution in [1.29, 1.82) is 5.26 Å². The van der Waals surface area contributed by atoms with E-state index in [1.807, 2.05) is 19.9 Å². The Morgan fingerprint density at radius 1 is 1.28 bits per heavy atom. The van der Waals surface area contributed by atoms with E-state index in [0.717, 1.165) is 6.26 Å². The van der Waals surface area contributed by atoms with E-state index in [-0.39, 0.29) is 33.6 Å². The van der Waals surface area contributed by atoms with Gasteiger partial charge in [-0.15, -0.1) is 0 Å². The lowest BCUT2D eigenvalue weighted by atomic mass is 10.0. The first-order valence-corrected chi connectivity index (χ1v) is 11.6. The van der Waals surface area contributed by atoms with Crippen LogP contribution in [0, 0.1) is 17.2 Å². The first-order chi connectivity index (χ1) is 15.0. The molecule has 0 bridgehead atoms. The van der Waals surface area contributed by atoms with Gasteiger partial charge in [0.25, 0.3) is 0 Å². The molecule has 32 heavy (non-hydrogen) atoms. The number of Topliss-reactive ketones (excluding diaryl/α,β-unsaturated/α-hetero) is 1. The highest BCUT2D eigenvalue weighted by molar-refractivity contribution is 7.90. The summed E-state index contributed by atoms with van der Waals surface area (Å²) in [4.78, 5) is 28.5. The molecule has 2 rings (SSSR count). The van der Waals surface area contributed by atoms with Crippen molar-refractivity contribution in [3.05, 3.63) is 41.5 Å². The van der Waals surface area contributed by atoms with Crippen LogP contribution in [0.1, 0.15) is 36.2 Å². The molecule has 5 N–H and O–H groups in total. The van der Waals surface area contributed by atoms with Gasteiger partial charge < -0.3 is 21.5 Å². The van der Waals surface area contributed by atoms with Crippen LogP contribution in [0.25, 0.3) is 0 Å². The maximum atomic E-state index is 12.3. The second-order valence-corrected chi connectivity index (χ2v) is 9.64. The van der Waals surface area contributed by atoms with Crippen molar-refractivity contribution in [3.63, 3.8) is 0 Å². The minimum Gasteiger partial charge on any atom is -0.388 e. The van der Waals surface area contributed by atoms with Crippen LogP contribution in [-0.4, -0.2) is 49.1 Å². The van der Waals surface area contributed by atoms with Gasteiger partial charge in [0.1, 0.15) is 30.4 Å². The number of sulfone groups is 1. The molecule has 0 aliphatic carbocycles. The molecule has 0 unspecified atom stereocenters. The third-order valence-electron chi connectivity index (χ3n) is 4.46. The number of benzene rings is 1. The van der Waals surface area contributed by atoms with E-state index in [9.17, 15) is 28.4 Å². The fourth-order valence-corrected chi connectivity index (χ4v) is 3.66. The number of aromatic nitrogens is 1. The van der Waals surface area contributed by atoms with E-state index in [1.165, 1.54) is 24.3 Å². The molecule has 1 heterocycles. The molecule has 0 saturated heterocycles. The van der Waals surface area contributed by atoms with Crippen molar-refractivity contribution < 1.29 is 23.1 Å². The molecule has 1 aromatic heterocycles. The molecule has 1 aromatic carbocycles. The quantitative estimate of drug-likeness (QED) is 0.384. The number of rotatable bonds is 10. The highest BCUT2D eigenvalue weighted by Crippen LogP contribution is 2.27. The molecule has 170 valence electrons. The highest BCUT2D eigenvalue weighted by atomic mass is 32.2. The van der Waals surface area contributed by atoms with Crippen molar-refractivity contribution in [2.45, 2.75) is 31.2 Å². The molecule has 0 spiro atoms. The summed E-state index contributed by atoms with van der Waals surface area (Å²) in [5.41, 5.74) is 5.51. The minimum absolute atomic E-state index is 0.0399. The summed E-state index contributed by atoms with van der Waals surface area (Å²) in [6.45, 7) is 2.96. The van der Waals surface area contributed by atoms with Crippen LogP contribution in [0.4, 0.5) is 17.3 Å². The Morgan fingerprint density at radius 2 is 1.97 bits per heavy atom. The lowest BCUT2D eigenvalue weighted by Crippen LogP contribution is -2.36. The van der Waals surface area contributed by atoms with Gasteiger partial charge in [-0.05, 0) is 36.6 Å². The topological polar surface area (TPSA) is 175 Å². The van der Waals surface area contributed by atoms with Crippen molar-refractivity contribution >= 4 is 38.9 Å². The fourth-order valence-electron chi connectivity index (χ4n) is 3.00. The summed E-state index contributed by atoms with van der Waals surface area (Å²) in [5, 5.41) is 24.7. The second-order valence-electron chi connectivity index (χ2n) is 7.63. The lowest BCUT2D eigenvalue weighted by Gasteiger charge is -2.20. The van der Waals surface area contributed by atoms with Gasteiger partial charge in [0.05, 0.1) is 16.0 Å². The number of primary amides is 1. The van der Waals surface area contributed by atoms with E-state index >= 15 is 0 Å². The predicted molar refractivity (Wildman–Crippen MR) is 119 cm³/mol. The molecule has 11 heteroatoms. The van der Waals surface area contributed by atoms with Crippen LogP contribution in [0.5, 0.6) is 0 Å². The average molecular weight is 460 g/mol. The maximum Gasteiger partial charge on any atom is 0.239 e. The van der Waals surface area contributed by atoms with Gasteiger partial charge in [-0.25, -0.2) is 13.4 Å². The number of nitriles is 1. The van der Waals surface area contributed by atoms with Gasteiger partial charge in [0.15, 0.2) is 15.6 Å². The summed E-state index contributed by atoms with van der Waals surface area (Å²) in [6.07, 6.45) is 1.47. The van der Waals surface area contributed by atoms with E-state index < -0.39 is 34.2 Å². The van der Waals surface area contributed by atoms with E-state index in [2.05, 4.69) is 15.6 Å². The minimum atomic E-state index is -3.49. The summed E-state index contributed by atoms with van der Waals surface area (Å²) in [5.74, 6) is -1.19. The molecule has 0 aliphatic rings. The van der Waals surface area contributed by atoms with Crippen LogP contribution in [0.3, 0.4) is 0 Å². The summed E-state index contributed by atoms with van der Waals surface area (Å²) >= 11 is 0. The summed E-state index contributed by atoms with van der Waals surface area (Å²) in [7, 11) is -3.49. The summed E-state index contributed by atoms with van der Waals surface area (Å²) < 4.78 is 23.7. The zero-order valence-corrected chi connectivity index (χ0v) is 18.7. The van der Waals surface area contributed by atoms with Gasteiger partial charge in [0.2, 0.25) is 5.91 Å². The monoisotopic (exact) mass is 459 g/mol. The Balaban J connectivity index is 2.58. The maximum absolute atomic E-state index is 12.3. The Labute approximate surface area is 186 Å². The lowest BCUT2D eigenvalue weighted by molar-refractivity contribution is -0.119. The number of carbonyl (C=O) groups is 2. The van der Waals surface area contributed by atoms with Crippen LogP contribution >= 0.6 is 0 Å². The van der Waals surface area contributed by atoms with Crippen molar-refractivity contribution in [3.8, 4) is 6.07 Å². The number of nitrogens with two attached hydrogens (primary N) is 1. The number of aliphatic hydroxyl groups excluding tert-OH is 1. The Morgan fingerprint density at radius 3 is 2.50 bits per heavy atom. The Hall–Kier alpha value is -3.49. The number of hydrogen-bond donors (Lipinski definition) is 4. The van der Waals surface area contributed by atoms with Gasteiger partial charge >= 0.3 is 0 Å². The zero-order chi connectivity index (χ0) is 24.1. The third kappa shape index (κ3) is 6.26. The molecule has 0 aliphatic heterocycles. The first-order valence-electron chi connectivity index (χ1n) is 9.68. The second kappa shape index (κ2) is 10.2. The normalized spacial score (nSPS) is 12.1. The molecular weight excluding hydrogens is 434 g/mol. The molecule has 0 fully saturated rings. The van der Waals surface area contributed by atoms with E-state index in [0.29, 0.717) is 12.1 Å². The molecule has 0 saturated carbocycles. The van der Waals surface area contributed by atoms with Crippen molar-refractivity contribution in [2.75, 3.05) is 23.5 Å². The van der Waals surface area contributed by atoms with Crippen LogP contribution in [-0.2, 0) is 14.6 Å². The van der Waals surface area contributed by atoms with E-state index in [1.54, 1.807) is 6.07 Å². The van der Waals surface area contributed by atoms with Gasteiger partial charge in [-0.3, -0.25) is 9.59 Å². The fraction of sp³-hybridized carbons (Fsp3) is 0.333. The van der Waals surface area contributed by atoms with Crippen LogP contribution in [0.15, 0.2) is 35.2 Å². The van der Waals surface area contributed by atoms with Gasteiger partial charge in [0, 0.05) is 11.9 Å². The predicted octanol–water partition coefficient (Wildman–Crippen LogP) is 1.59. The highest BCUT2D eigenvalue weighted by Gasteiger charge is 2.23. The molecule has 0 radical (unpaired) electrons. The zero-order valence-electron chi connectivity index (χ0n) is 17.9. The Kier molecular flexibility index (Phi) is 7.91. The number of anilines is 3. The number of nitrogens with zero attached hydrogens (tertiary/aromatic N) is 2. The van der Waals surface area contributed by atoms with Crippen molar-refractivity contribution in [2.24, 2.45) is 11.7 Å².